The van der Waals surface area contributed by atoms with E-state index in [4.69, 9.17) is 0 Å². The van der Waals surface area contributed by atoms with Gasteiger partial charge in [-0.15, -0.1) is 0 Å². The molecule has 1 aromatic rings. The second-order valence-corrected chi connectivity index (χ2v) is 5.40. The third kappa shape index (κ3) is 3.45. The molecule has 19 heavy (non-hydrogen) atoms. The predicted octanol–water partition coefficient (Wildman–Crippen LogP) is 2.11. The molecular formula is C15H23FN2O. The number of anilines is 1. The second-order valence-electron chi connectivity index (χ2n) is 5.40. The molecule has 1 heterocycles. The van der Waals surface area contributed by atoms with Crippen molar-refractivity contribution in [2.24, 2.45) is 0 Å². The summed E-state index contributed by atoms with van der Waals surface area (Å²) in [4.78, 5) is 4.55. The molecule has 0 radical (unpaired) electrons. The van der Waals surface area contributed by atoms with Gasteiger partial charge in [0.15, 0.2) is 0 Å². The number of likely N-dealkylation sites (N-methyl/N-ethyl adjacent to an activating group) is 1. The number of hydrogen-bond donors (Lipinski definition) is 1. The molecule has 4 heteroatoms. The van der Waals surface area contributed by atoms with Gasteiger partial charge in [0.1, 0.15) is 5.82 Å². The zero-order valence-corrected chi connectivity index (χ0v) is 11.7. The van der Waals surface area contributed by atoms with Crippen LogP contribution < -0.4 is 4.90 Å². The van der Waals surface area contributed by atoms with Crippen molar-refractivity contribution in [1.82, 2.24) is 4.90 Å². The SMILES string of the molecule is CC1CCN(c2cccc(F)c2)CC(CCO)N1C. The Kier molecular flexibility index (Phi) is 4.77. The molecule has 1 N–H and O–H groups in total. The maximum Gasteiger partial charge on any atom is 0.125 e. The Balaban J connectivity index is 2.17. The summed E-state index contributed by atoms with van der Waals surface area (Å²) >= 11 is 0. The molecule has 0 amide bonds. The summed E-state index contributed by atoms with van der Waals surface area (Å²) in [7, 11) is 2.11. The van der Waals surface area contributed by atoms with Crippen LogP contribution in [0.1, 0.15) is 19.8 Å². The highest BCUT2D eigenvalue weighted by Crippen LogP contribution is 2.22. The van der Waals surface area contributed by atoms with Gasteiger partial charge >= 0.3 is 0 Å². The third-order valence-electron chi connectivity index (χ3n) is 4.15. The van der Waals surface area contributed by atoms with Gasteiger partial charge in [0.05, 0.1) is 0 Å². The van der Waals surface area contributed by atoms with Gasteiger partial charge in [-0.05, 0) is 45.0 Å². The zero-order chi connectivity index (χ0) is 13.8. The Morgan fingerprint density at radius 2 is 2.21 bits per heavy atom. The summed E-state index contributed by atoms with van der Waals surface area (Å²) in [6.07, 6.45) is 1.81. The van der Waals surface area contributed by atoms with E-state index in [1.807, 2.05) is 6.07 Å². The van der Waals surface area contributed by atoms with Crippen LogP contribution in [0.5, 0.6) is 0 Å². The molecule has 0 aromatic heterocycles. The first-order chi connectivity index (χ1) is 9.11. The molecule has 2 atom stereocenters. The normalized spacial score (nSPS) is 25.4. The Hall–Kier alpha value is -1.13. The molecule has 1 fully saturated rings. The van der Waals surface area contributed by atoms with Gasteiger partial charge in [-0.3, -0.25) is 4.90 Å². The number of benzene rings is 1. The molecule has 106 valence electrons. The number of hydrogen-bond acceptors (Lipinski definition) is 3. The molecule has 1 aliphatic rings. The van der Waals surface area contributed by atoms with Crippen LogP contribution in [0.15, 0.2) is 24.3 Å². The van der Waals surface area contributed by atoms with Crippen molar-refractivity contribution in [3.63, 3.8) is 0 Å². The first-order valence-electron chi connectivity index (χ1n) is 6.95. The lowest BCUT2D eigenvalue weighted by Gasteiger charge is -2.31. The van der Waals surface area contributed by atoms with Gasteiger partial charge in [0, 0.05) is 37.5 Å². The lowest BCUT2D eigenvalue weighted by molar-refractivity contribution is 0.159. The zero-order valence-electron chi connectivity index (χ0n) is 11.7. The van der Waals surface area contributed by atoms with Crippen LogP contribution in [0.25, 0.3) is 0 Å². The highest BCUT2D eigenvalue weighted by atomic mass is 19.1. The van der Waals surface area contributed by atoms with E-state index in [9.17, 15) is 9.50 Å². The van der Waals surface area contributed by atoms with Gasteiger partial charge in [0.25, 0.3) is 0 Å². The smallest absolute Gasteiger partial charge is 0.125 e. The first kappa shape index (κ1) is 14.3. The highest BCUT2D eigenvalue weighted by Gasteiger charge is 2.26. The van der Waals surface area contributed by atoms with E-state index < -0.39 is 0 Å². The maximum atomic E-state index is 13.3. The lowest BCUT2D eigenvalue weighted by atomic mass is 10.1. The summed E-state index contributed by atoms with van der Waals surface area (Å²) in [6.45, 7) is 4.17. The Morgan fingerprint density at radius 1 is 1.42 bits per heavy atom. The van der Waals surface area contributed by atoms with Crippen LogP contribution in [-0.2, 0) is 0 Å². The van der Waals surface area contributed by atoms with Gasteiger partial charge in [0.2, 0.25) is 0 Å². The van der Waals surface area contributed by atoms with E-state index in [2.05, 4.69) is 23.8 Å². The minimum absolute atomic E-state index is 0.193. The molecule has 0 spiro atoms. The molecule has 2 unspecified atom stereocenters. The molecule has 2 rings (SSSR count). The molecular weight excluding hydrogens is 243 g/mol. The Labute approximate surface area is 114 Å². The lowest BCUT2D eigenvalue weighted by Crippen LogP contribution is -2.42. The van der Waals surface area contributed by atoms with Crippen LogP contribution in [0.4, 0.5) is 10.1 Å². The van der Waals surface area contributed by atoms with E-state index in [1.165, 1.54) is 6.07 Å². The molecule has 0 bridgehead atoms. The van der Waals surface area contributed by atoms with Crippen molar-refractivity contribution in [2.45, 2.75) is 31.8 Å². The molecule has 1 aromatic carbocycles. The summed E-state index contributed by atoms with van der Waals surface area (Å²) < 4.78 is 13.3. The Morgan fingerprint density at radius 3 is 2.89 bits per heavy atom. The van der Waals surface area contributed by atoms with Gasteiger partial charge < -0.3 is 10.0 Å². The second kappa shape index (κ2) is 6.35. The van der Waals surface area contributed by atoms with E-state index in [0.29, 0.717) is 12.1 Å². The molecule has 0 saturated carbocycles. The number of aliphatic hydroxyl groups excluding tert-OH is 1. The van der Waals surface area contributed by atoms with Crippen LogP contribution in [-0.4, -0.2) is 48.8 Å². The number of rotatable bonds is 3. The summed E-state index contributed by atoms with van der Waals surface area (Å²) in [5.41, 5.74) is 0.936. The van der Waals surface area contributed by atoms with E-state index in [-0.39, 0.29) is 12.4 Å². The van der Waals surface area contributed by atoms with Crippen molar-refractivity contribution >= 4 is 5.69 Å². The quantitative estimate of drug-likeness (QED) is 0.907. The van der Waals surface area contributed by atoms with Crippen LogP contribution in [0, 0.1) is 5.82 Å². The maximum absolute atomic E-state index is 13.3. The van der Waals surface area contributed by atoms with Crippen molar-refractivity contribution in [2.75, 3.05) is 31.6 Å². The molecule has 3 nitrogen and oxygen atoms in total. The van der Waals surface area contributed by atoms with Crippen LogP contribution >= 0.6 is 0 Å². The summed E-state index contributed by atoms with van der Waals surface area (Å²) in [5, 5.41) is 9.21. The van der Waals surface area contributed by atoms with E-state index >= 15 is 0 Å². The standard InChI is InChI=1S/C15H23FN2O/c1-12-6-8-18(11-15(7-9-19)17(12)2)14-5-3-4-13(16)10-14/h3-5,10,12,15,19H,6-9,11H2,1-2H3. The van der Waals surface area contributed by atoms with Crippen molar-refractivity contribution in [1.29, 1.82) is 0 Å². The monoisotopic (exact) mass is 266 g/mol. The molecule has 1 saturated heterocycles. The van der Waals surface area contributed by atoms with Crippen LogP contribution in [0.3, 0.4) is 0 Å². The number of aliphatic hydroxyl groups is 1. The minimum atomic E-state index is -0.193. The predicted molar refractivity (Wildman–Crippen MR) is 75.9 cm³/mol. The third-order valence-corrected chi connectivity index (χ3v) is 4.15. The molecule has 0 aliphatic carbocycles. The first-order valence-corrected chi connectivity index (χ1v) is 6.95. The van der Waals surface area contributed by atoms with Crippen molar-refractivity contribution in [3.05, 3.63) is 30.1 Å². The average Bonchev–Trinajstić information content (AvgIpc) is 2.53. The van der Waals surface area contributed by atoms with E-state index in [1.54, 1.807) is 12.1 Å². The van der Waals surface area contributed by atoms with Gasteiger partial charge in [-0.2, -0.15) is 0 Å². The average molecular weight is 266 g/mol. The Bertz CT molecular complexity index is 413. The fraction of sp³-hybridized carbons (Fsp3) is 0.600. The van der Waals surface area contributed by atoms with E-state index in [0.717, 1.165) is 31.6 Å². The number of nitrogens with zero attached hydrogens (tertiary/aromatic N) is 2. The fourth-order valence-corrected chi connectivity index (χ4v) is 2.73. The number of halogens is 1. The minimum Gasteiger partial charge on any atom is -0.396 e. The van der Waals surface area contributed by atoms with Crippen molar-refractivity contribution in [3.8, 4) is 0 Å². The van der Waals surface area contributed by atoms with Gasteiger partial charge in [-0.1, -0.05) is 6.07 Å². The van der Waals surface area contributed by atoms with Crippen LogP contribution in [0.2, 0.25) is 0 Å². The topological polar surface area (TPSA) is 26.7 Å². The summed E-state index contributed by atoms with van der Waals surface area (Å²) in [5.74, 6) is -0.193. The summed E-state index contributed by atoms with van der Waals surface area (Å²) in [6, 6.07) is 7.56. The largest absolute Gasteiger partial charge is 0.396 e. The fourth-order valence-electron chi connectivity index (χ4n) is 2.73. The van der Waals surface area contributed by atoms with Crippen molar-refractivity contribution < 1.29 is 9.50 Å². The molecule has 1 aliphatic heterocycles. The highest BCUT2D eigenvalue weighted by molar-refractivity contribution is 5.46. The van der Waals surface area contributed by atoms with Gasteiger partial charge in [-0.25, -0.2) is 4.39 Å².